The SMILES string of the molecule is OC(c1sccc1Br)c1ccnc2ccccc12. The molecule has 0 aliphatic heterocycles. The van der Waals surface area contributed by atoms with Crippen molar-refractivity contribution in [2.45, 2.75) is 6.10 Å². The Labute approximate surface area is 117 Å². The first-order chi connectivity index (χ1) is 8.77. The highest BCUT2D eigenvalue weighted by Gasteiger charge is 2.17. The molecule has 0 radical (unpaired) electrons. The van der Waals surface area contributed by atoms with Gasteiger partial charge >= 0.3 is 0 Å². The van der Waals surface area contributed by atoms with Gasteiger partial charge in [-0.05, 0) is 45.1 Å². The molecule has 0 fully saturated rings. The second-order valence-electron chi connectivity index (χ2n) is 3.95. The molecule has 3 rings (SSSR count). The van der Waals surface area contributed by atoms with Gasteiger partial charge in [0.25, 0.3) is 0 Å². The molecule has 0 amide bonds. The van der Waals surface area contributed by atoms with Crippen molar-refractivity contribution in [3.05, 3.63) is 62.9 Å². The second-order valence-corrected chi connectivity index (χ2v) is 5.75. The van der Waals surface area contributed by atoms with Crippen molar-refractivity contribution >= 4 is 38.2 Å². The Morgan fingerprint density at radius 1 is 1.17 bits per heavy atom. The Morgan fingerprint density at radius 2 is 2.00 bits per heavy atom. The smallest absolute Gasteiger partial charge is 0.115 e. The molecule has 0 saturated heterocycles. The minimum atomic E-state index is -0.618. The number of fused-ring (bicyclic) bond motifs is 1. The van der Waals surface area contributed by atoms with Crippen LogP contribution in [0.15, 0.2) is 52.4 Å². The Kier molecular flexibility index (Phi) is 3.16. The summed E-state index contributed by atoms with van der Waals surface area (Å²) in [5, 5.41) is 13.5. The summed E-state index contributed by atoms with van der Waals surface area (Å²) in [6, 6.07) is 11.7. The molecule has 0 aliphatic carbocycles. The molecule has 4 heteroatoms. The molecule has 2 nitrogen and oxygen atoms in total. The van der Waals surface area contributed by atoms with Gasteiger partial charge in [0.1, 0.15) is 6.10 Å². The summed E-state index contributed by atoms with van der Waals surface area (Å²) in [4.78, 5) is 5.23. The van der Waals surface area contributed by atoms with Gasteiger partial charge in [-0.2, -0.15) is 0 Å². The van der Waals surface area contributed by atoms with E-state index in [-0.39, 0.29) is 0 Å². The number of nitrogens with zero attached hydrogens (tertiary/aromatic N) is 1. The van der Waals surface area contributed by atoms with Crippen LogP contribution in [-0.4, -0.2) is 10.1 Å². The number of aromatic nitrogens is 1. The molecule has 1 unspecified atom stereocenters. The lowest BCUT2D eigenvalue weighted by Crippen LogP contribution is -1.99. The highest BCUT2D eigenvalue weighted by molar-refractivity contribution is 9.10. The van der Waals surface area contributed by atoms with Crippen LogP contribution in [0.25, 0.3) is 10.9 Å². The minimum absolute atomic E-state index is 0.618. The van der Waals surface area contributed by atoms with E-state index in [1.54, 1.807) is 17.5 Å². The quantitative estimate of drug-likeness (QED) is 0.770. The number of benzene rings is 1. The van der Waals surface area contributed by atoms with Crippen molar-refractivity contribution in [2.75, 3.05) is 0 Å². The largest absolute Gasteiger partial charge is 0.383 e. The lowest BCUT2D eigenvalue weighted by molar-refractivity contribution is 0.225. The highest BCUT2D eigenvalue weighted by atomic mass is 79.9. The van der Waals surface area contributed by atoms with Gasteiger partial charge < -0.3 is 5.11 Å². The van der Waals surface area contributed by atoms with E-state index in [1.165, 1.54) is 0 Å². The summed E-state index contributed by atoms with van der Waals surface area (Å²) in [7, 11) is 0. The van der Waals surface area contributed by atoms with Crippen LogP contribution in [-0.2, 0) is 0 Å². The number of para-hydroxylation sites is 1. The van der Waals surface area contributed by atoms with E-state index in [2.05, 4.69) is 20.9 Å². The van der Waals surface area contributed by atoms with Crippen LogP contribution in [0.5, 0.6) is 0 Å². The Bertz CT molecular complexity index is 690. The third-order valence-electron chi connectivity index (χ3n) is 2.87. The number of thiophene rings is 1. The molecular formula is C14H10BrNOS. The van der Waals surface area contributed by atoms with Gasteiger partial charge in [0.15, 0.2) is 0 Å². The van der Waals surface area contributed by atoms with Gasteiger partial charge in [-0.1, -0.05) is 18.2 Å². The van der Waals surface area contributed by atoms with Gasteiger partial charge in [0.05, 0.1) is 10.4 Å². The molecule has 0 bridgehead atoms. The molecule has 2 aromatic heterocycles. The fraction of sp³-hybridized carbons (Fsp3) is 0.0714. The Hall–Kier alpha value is -1.23. The maximum Gasteiger partial charge on any atom is 0.115 e. The van der Waals surface area contributed by atoms with E-state index in [1.807, 2.05) is 41.8 Å². The van der Waals surface area contributed by atoms with Crippen molar-refractivity contribution in [2.24, 2.45) is 0 Å². The third kappa shape index (κ3) is 1.96. The van der Waals surface area contributed by atoms with Crippen LogP contribution < -0.4 is 0 Å². The van der Waals surface area contributed by atoms with E-state index in [4.69, 9.17) is 0 Å². The molecule has 1 atom stereocenters. The summed E-state index contributed by atoms with van der Waals surface area (Å²) in [5.74, 6) is 0. The standard InChI is InChI=1S/C14H10BrNOS/c15-11-6-8-18-14(11)13(17)10-5-7-16-12-4-2-1-3-9(10)12/h1-8,13,17H. The average molecular weight is 320 g/mol. The van der Waals surface area contributed by atoms with E-state index < -0.39 is 6.10 Å². The van der Waals surface area contributed by atoms with Crippen molar-refractivity contribution in [3.63, 3.8) is 0 Å². The van der Waals surface area contributed by atoms with Crippen LogP contribution in [0.2, 0.25) is 0 Å². The van der Waals surface area contributed by atoms with Crippen LogP contribution in [0.3, 0.4) is 0 Å². The van der Waals surface area contributed by atoms with Crippen molar-refractivity contribution in [1.82, 2.24) is 4.98 Å². The molecule has 1 N–H and O–H groups in total. The van der Waals surface area contributed by atoms with Crippen LogP contribution in [0.4, 0.5) is 0 Å². The average Bonchev–Trinajstić information content (AvgIpc) is 2.83. The van der Waals surface area contributed by atoms with Crippen molar-refractivity contribution in [3.8, 4) is 0 Å². The summed E-state index contributed by atoms with van der Waals surface area (Å²) < 4.78 is 0.945. The lowest BCUT2D eigenvalue weighted by atomic mass is 10.0. The van der Waals surface area contributed by atoms with Gasteiger partial charge in [0.2, 0.25) is 0 Å². The third-order valence-corrected chi connectivity index (χ3v) is 4.79. The number of pyridine rings is 1. The predicted octanol–water partition coefficient (Wildman–Crippen LogP) is 4.14. The molecule has 90 valence electrons. The Balaban J connectivity index is 2.18. The van der Waals surface area contributed by atoms with E-state index in [9.17, 15) is 5.11 Å². The second kappa shape index (κ2) is 4.80. The van der Waals surface area contributed by atoms with Crippen LogP contribution in [0.1, 0.15) is 16.5 Å². The maximum absolute atomic E-state index is 10.5. The topological polar surface area (TPSA) is 33.1 Å². The van der Waals surface area contributed by atoms with Gasteiger partial charge in [-0.25, -0.2) is 0 Å². The predicted molar refractivity (Wildman–Crippen MR) is 77.8 cm³/mol. The molecule has 1 aromatic carbocycles. The van der Waals surface area contributed by atoms with Crippen LogP contribution >= 0.6 is 27.3 Å². The van der Waals surface area contributed by atoms with E-state index in [0.717, 1.165) is 25.8 Å². The zero-order valence-electron chi connectivity index (χ0n) is 9.38. The van der Waals surface area contributed by atoms with Crippen molar-refractivity contribution < 1.29 is 5.11 Å². The summed E-state index contributed by atoms with van der Waals surface area (Å²) in [6.45, 7) is 0. The molecule has 0 spiro atoms. The van der Waals surface area contributed by atoms with Gasteiger partial charge in [0, 0.05) is 16.1 Å². The van der Waals surface area contributed by atoms with E-state index in [0.29, 0.717) is 0 Å². The van der Waals surface area contributed by atoms with Gasteiger partial charge in [-0.15, -0.1) is 11.3 Å². The number of hydrogen-bond donors (Lipinski definition) is 1. The summed E-state index contributed by atoms with van der Waals surface area (Å²) >= 11 is 5.01. The maximum atomic E-state index is 10.5. The molecule has 3 aromatic rings. The van der Waals surface area contributed by atoms with Gasteiger partial charge in [-0.3, -0.25) is 4.98 Å². The number of rotatable bonds is 2. The van der Waals surface area contributed by atoms with Crippen LogP contribution in [0, 0.1) is 0 Å². The molecule has 2 heterocycles. The van der Waals surface area contributed by atoms with Crippen molar-refractivity contribution in [1.29, 1.82) is 0 Å². The van der Waals surface area contributed by atoms with E-state index >= 15 is 0 Å². The fourth-order valence-corrected chi connectivity index (χ4v) is 3.59. The number of aliphatic hydroxyl groups excluding tert-OH is 1. The number of halogens is 1. The first kappa shape index (κ1) is 11.8. The lowest BCUT2D eigenvalue weighted by Gasteiger charge is -2.12. The number of aliphatic hydroxyl groups is 1. The summed E-state index contributed by atoms with van der Waals surface area (Å²) in [6.07, 6.45) is 1.12. The minimum Gasteiger partial charge on any atom is -0.383 e. The molecule has 0 saturated carbocycles. The molecule has 0 aliphatic rings. The highest BCUT2D eigenvalue weighted by Crippen LogP contribution is 2.35. The molecular weight excluding hydrogens is 310 g/mol. The zero-order chi connectivity index (χ0) is 12.5. The Morgan fingerprint density at radius 3 is 2.78 bits per heavy atom. The zero-order valence-corrected chi connectivity index (χ0v) is 11.8. The normalized spacial score (nSPS) is 12.8. The first-order valence-corrected chi connectivity index (χ1v) is 7.19. The first-order valence-electron chi connectivity index (χ1n) is 5.52. The fourth-order valence-electron chi connectivity index (χ4n) is 2.00. The summed E-state index contributed by atoms with van der Waals surface area (Å²) in [5.41, 5.74) is 1.80. The monoisotopic (exact) mass is 319 g/mol. The number of hydrogen-bond acceptors (Lipinski definition) is 3. The molecule has 18 heavy (non-hydrogen) atoms.